The monoisotopic (exact) mass is 540 g/mol. The summed E-state index contributed by atoms with van der Waals surface area (Å²) in [7, 11) is 0. The number of nitrogens with zero attached hydrogens (tertiary/aromatic N) is 6. The van der Waals surface area contributed by atoms with E-state index in [4.69, 9.17) is 11.6 Å². The van der Waals surface area contributed by atoms with Crippen LogP contribution in [0.15, 0.2) is 48.8 Å². The fourth-order valence-electron chi connectivity index (χ4n) is 4.40. The van der Waals surface area contributed by atoms with E-state index in [9.17, 15) is 15.6 Å². The number of aliphatic hydroxyl groups excluding tert-OH is 1. The topological polar surface area (TPSA) is 135 Å². The molecular weight excluding hydrogens is 512 g/mol. The third-order valence-corrected chi connectivity index (χ3v) is 7.59. The second-order valence-electron chi connectivity index (χ2n) is 11.1. The lowest BCUT2D eigenvalue weighted by Gasteiger charge is -2.24. The van der Waals surface area contributed by atoms with Crippen LogP contribution in [0.1, 0.15) is 62.0 Å². The fourth-order valence-corrected chi connectivity index (χ4v) is 4.64. The van der Waals surface area contributed by atoms with Gasteiger partial charge in [0.1, 0.15) is 17.8 Å². The summed E-state index contributed by atoms with van der Waals surface area (Å²) in [6.07, 6.45) is 5.51. The third-order valence-electron chi connectivity index (χ3n) is 7.24. The Kier molecular flexibility index (Phi) is 6.90. The lowest BCUT2D eigenvalue weighted by Crippen LogP contribution is -2.27. The molecule has 0 amide bonds. The van der Waals surface area contributed by atoms with E-state index in [1.807, 2.05) is 55.1 Å². The molecule has 0 bridgehead atoms. The number of benzene rings is 2. The molecule has 0 unspecified atom stereocenters. The van der Waals surface area contributed by atoms with Crippen LogP contribution in [0.25, 0.3) is 10.9 Å². The first kappa shape index (κ1) is 26.4. The lowest BCUT2D eigenvalue weighted by atomic mass is 9.94. The summed E-state index contributed by atoms with van der Waals surface area (Å²) in [6.45, 7) is 6.39. The zero-order valence-electron chi connectivity index (χ0n) is 22.0. The largest absolute Gasteiger partial charge is 0.396 e. The number of hydrogen-bond donors (Lipinski definition) is 3. The lowest BCUT2D eigenvalue weighted by molar-refractivity contribution is 0.171. The van der Waals surface area contributed by atoms with Gasteiger partial charge in [-0.3, -0.25) is 4.98 Å². The summed E-state index contributed by atoms with van der Waals surface area (Å²) in [5.41, 5.74) is 3.46. The summed E-state index contributed by atoms with van der Waals surface area (Å²) in [4.78, 5) is 4.43. The Morgan fingerprint density at radius 1 is 1.18 bits per heavy atom. The predicted molar refractivity (Wildman–Crippen MR) is 150 cm³/mol. The number of nitrogens with one attached hydrogen (secondary N) is 2. The highest BCUT2D eigenvalue weighted by atomic mass is 35.5. The molecule has 1 fully saturated rings. The number of anilines is 2. The predicted octanol–water partition coefficient (Wildman–Crippen LogP) is 5.36. The van der Waals surface area contributed by atoms with Crippen molar-refractivity contribution < 1.29 is 5.11 Å². The van der Waals surface area contributed by atoms with Gasteiger partial charge >= 0.3 is 0 Å². The van der Waals surface area contributed by atoms with Gasteiger partial charge in [0.05, 0.1) is 40.1 Å². The summed E-state index contributed by atoms with van der Waals surface area (Å²) >= 11 is 6.64. The Balaban J connectivity index is 1.62. The van der Waals surface area contributed by atoms with Crippen molar-refractivity contribution in [2.45, 2.75) is 45.2 Å². The fraction of sp³-hybridized carbons (Fsp3) is 0.345. The molecule has 0 spiro atoms. The van der Waals surface area contributed by atoms with E-state index in [0.29, 0.717) is 50.7 Å². The van der Waals surface area contributed by atoms with Crippen molar-refractivity contribution in [3.8, 4) is 12.1 Å². The van der Waals surface area contributed by atoms with Gasteiger partial charge in [0.25, 0.3) is 0 Å². The van der Waals surface area contributed by atoms with E-state index in [2.05, 4.69) is 45.0 Å². The van der Waals surface area contributed by atoms with Crippen LogP contribution >= 0.6 is 11.6 Å². The Morgan fingerprint density at radius 3 is 2.59 bits per heavy atom. The van der Waals surface area contributed by atoms with Gasteiger partial charge in [-0.2, -0.15) is 10.5 Å². The molecule has 39 heavy (non-hydrogen) atoms. The van der Waals surface area contributed by atoms with Gasteiger partial charge in [-0.05, 0) is 43.5 Å². The first-order valence-electron chi connectivity index (χ1n) is 12.7. The maximum Gasteiger partial charge on any atom is 0.110 e. The molecule has 0 radical (unpaired) electrons. The molecule has 2 aromatic carbocycles. The summed E-state index contributed by atoms with van der Waals surface area (Å²) in [5, 5.41) is 46.5. The van der Waals surface area contributed by atoms with Crippen molar-refractivity contribution in [2.75, 3.05) is 23.8 Å². The highest BCUT2D eigenvalue weighted by Crippen LogP contribution is 2.43. The van der Waals surface area contributed by atoms with Crippen LogP contribution in [0.2, 0.25) is 5.02 Å². The molecular formula is C29H29ClN8O. The molecule has 3 N–H and O–H groups in total. The molecule has 5 rings (SSSR count). The van der Waals surface area contributed by atoms with Crippen molar-refractivity contribution in [2.24, 2.45) is 5.41 Å². The van der Waals surface area contributed by atoms with Crippen molar-refractivity contribution in [3.05, 3.63) is 76.2 Å². The smallest absolute Gasteiger partial charge is 0.110 e. The van der Waals surface area contributed by atoms with Crippen LogP contribution in [0.5, 0.6) is 0 Å². The standard InChI is InChI=1S/C29H29ClN8O/c1-28(2,17-39)16-34-26-19(13-32)14-33-25-18(12-31)10-20(11-22(25)26)35-27(21-6-4-5-7-23(21)30)24-15-38(37-36-24)29(3)8-9-29/h4-7,10-11,14-15,27,35,39H,8-9,16-17H2,1-3H3,(H,33,34)/t27-/m0/s1. The Bertz CT molecular complexity index is 1630. The molecule has 2 heterocycles. The summed E-state index contributed by atoms with van der Waals surface area (Å²) < 4.78 is 1.91. The molecule has 198 valence electrons. The number of rotatable bonds is 9. The molecule has 0 aliphatic heterocycles. The summed E-state index contributed by atoms with van der Waals surface area (Å²) in [6, 6.07) is 15.1. The molecule has 0 saturated heterocycles. The van der Waals surface area contributed by atoms with E-state index in [1.54, 1.807) is 6.07 Å². The molecule has 1 atom stereocenters. The van der Waals surface area contributed by atoms with Crippen LogP contribution < -0.4 is 10.6 Å². The quantitative estimate of drug-likeness (QED) is 0.258. The maximum atomic E-state index is 10.0. The van der Waals surface area contributed by atoms with E-state index < -0.39 is 11.5 Å². The van der Waals surface area contributed by atoms with Crippen LogP contribution in [0, 0.1) is 28.1 Å². The molecule has 1 aliphatic carbocycles. The van der Waals surface area contributed by atoms with Gasteiger partial charge in [-0.15, -0.1) is 5.10 Å². The van der Waals surface area contributed by atoms with Gasteiger partial charge in [0.15, 0.2) is 0 Å². The minimum atomic E-state index is -0.448. The number of fused-ring (bicyclic) bond motifs is 1. The van der Waals surface area contributed by atoms with E-state index in [1.165, 1.54) is 6.20 Å². The highest BCUT2D eigenvalue weighted by molar-refractivity contribution is 6.31. The zero-order valence-corrected chi connectivity index (χ0v) is 22.8. The number of halogens is 1. The Morgan fingerprint density at radius 2 is 1.92 bits per heavy atom. The maximum absolute atomic E-state index is 10.0. The van der Waals surface area contributed by atoms with Crippen LogP contribution in [-0.4, -0.2) is 38.2 Å². The number of pyridine rings is 1. The second-order valence-corrected chi connectivity index (χ2v) is 11.5. The first-order valence-corrected chi connectivity index (χ1v) is 13.1. The highest BCUT2D eigenvalue weighted by Gasteiger charge is 2.41. The molecule has 4 aromatic rings. The number of aromatic nitrogens is 4. The number of nitriles is 2. The minimum Gasteiger partial charge on any atom is -0.396 e. The van der Waals surface area contributed by atoms with Crippen molar-refractivity contribution in [1.29, 1.82) is 10.5 Å². The number of aliphatic hydroxyl groups is 1. The van der Waals surface area contributed by atoms with Crippen molar-refractivity contribution >= 4 is 33.9 Å². The molecule has 2 aromatic heterocycles. The average Bonchev–Trinajstić information content (AvgIpc) is 3.49. The molecule has 10 heteroatoms. The van der Waals surface area contributed by atoms with E-state index in [0.717, 1.165) is 18.4 Å². The second kappa shape index (κ2) is 10.2. The van der Waals surface area contributed by atoms with Gasteiger partial charge < -0.3 is 15.7 Å². The average molecular weight is 541 g/mol. The molecule has 9 nitrogen and oxygen atoms in total. The van der Waals surface area contributed by atoms with Gasteiger partial charge in [-0.25, -0.2) is 4.68 Å². The van der Waals surface area contributed by atoms with Gasteiger partial charge in [0, 0.05) is 40.9 Å². The SMILES string of the molecule is CC(C)(CO)CNc1c(C#N)cnc2c(C#N)cc(N[C@H](c3cn(C4(C)CC4)nn3)c3ccccc3Cl)cc12. The van der Waals surface area contributed by atoms with Crippen LogP contribution in [0.4, 0.5) is 11.4 Å². The normalized spacial score (nSPS) is 14.8. The van der Waals surface area contributed by atoms with Crippen LogP contribution in [-0.2, 0) is 5.54 Å². The molecule has 1 aliphatic rings. The van der Waals surface area contributed by atoms with Gasteiger partial charge in [0.2, 0.25) is 0 Å². The minimum absolute atomic E-state index is 0.0184. The Hall–Kier alpha value is -4.18. The van der Waals surface area contributed by atoms with Crippen LogP contribution in [0.3, 0.4) is 0 Å². The first-order chi connectivity index (χ1) is 18.7. The summed E-state index contributed by atoms with van der Waals surface area (Å²) in [5.74, 6) is 0. The van der Waals surface area contributed by atoms with E-state index >= 15 is 0 Å². The zero-order chi connectivity index (χ0) is 27.8. The van der Waals surface area contributed by atoms with Crippen molar-refractivity contribution in [3.63, 3.8) is 0 Å². The van der Waals surface area contributed by atoms with Crippen molar-refractivity contribution in [1.82, 2.24) is 20.0 Å². The molecule has 1 saturated carbocycles. The van der Waals surface area contributed by atoms with E-state index in [-0.39, 0.29) is 12.1 Å². The Labute approximate surface area is 232 Å². The number of hydrogen-bond acceptors (Lipinski definition) is 8. The van der Waals surface area contributed by atoms with Gasteiger partial charge in [-0.1, -0.05) is 48.9 Å². The third kappa shape index (κ3) is 5.24.